The molecule has 0 saturated carbocycles. The predicted molar refractivity (Wildman–Crippen MR) is 84.0 cm³/mol. The highest BCUT2D eigenvalue weighted by Crippen LogP contribution is 2.12. The fraction of sp³-hybridized carbons (Fsp3) is 0.375. The van der Waals surface area contributed by atoms with Crippen LogP contribution in [0.2, 0.25) is 0 Å². The molecule has 0 saturated heterocycles. The van der Waals surface area contributed by atoms with Gasteiger partial charge in [-0.2, -0.15) is 5.10 Å². The van der Waals surface area contributed by atoms with Crippen molar-refractivity contribution in [1.82, 2.24) is 24.6 Å². The molecule has 5 heteroatoms. The van der Waals surface area contributed by atoms with Crippen LogP contribution >= 0.6 is 0 Å². The summed E-state index contributed by atoms with van der Waals surface area (Å²) in [5, 5.41) is 7.26. The third kappa shape index (κ3) is 3.31. The first-order valence-corrected chi connectivity index (χ1v) is 7.31. The van der Waals surface area contributed by atoms with E-state index in [-0.39, 0.29) is 0 Å². The maximum absolute atomic E-state index is 4.42. The second kappa shape index (κ2) is 6.10. The molecule has 0 radical (unpaired) electrons. The lowest BCUT2D eigenvalue weighted by molar-refractivity contribution is 0.311. The number of imidazole rings is 1. The van der Waals surface area contributed by atoms with Gasteiger partial charge in [-0.3, -0.25) is 5.10 Å². The maximum atomic E-state index is 4.42. The standard InChI is InChI=1S/C16H21N5/c1-13-10-14(19-18-13)11-20(2)8-5-9-21-12-17-15-6-3-4-7-16(15)21/h3-4,6-7,10,12H,5,8-9,11H2,1-2H3,(H,18,19). The van der Waals surface area contributed by atoms with Crippen LogP contribution in [0.15, 0.2) is 36.7 Å². The summed E-state index contributed by atoms with van der Waals surface area (Å²) in [6, 6.07) is 10.4. The van der Waals surface area contributed by atoms with Crippen LogP contribution in [0.4, 0.5) is 0 Å². The molecule has 5 nitrogen and oxygen atoms in total. The van der Waals surface area contributed by atoms with Crippen molar-refractivity contribution in [3.8, 4) is 0 Å². The summed E-state index contributed by atoms with van der Waals surface area (Å²) < 4.78 is 2.22. The van der Waals surface area contributed by atoms with Crippen LogP contribution in [0.1, 0.15) is 17.8 Å². The van der Waals surface area contributed by atoms with Crippen LogP contribution in [0.5, 0.6) is 0 Å². The Hall–Kier alpha value is -2.14. The van der Waals surface area contributed by atoms with Gasteiger partial charge in [-0.15, -0.1) is 0 Å². The van der Waals surface area contributed by atoms with E-state index >= 15 is 0 Å². The second-order valence-electron chi connectivity index (χ2n) is 5.56. The normalized spacial score (nSPS) is 11.6. The first-order chi connectivity index (χ1) is 10.2. The summed E-state index contributed by atoms with van der Waals surface area (Å²) >= 11 is 0. The molecule has 0 atom stereocenters. The molecule has 0 aliphatic carbocycles. The highest BCUT2D eigenvalue weighted by Gasteiger charge is 2.05. The van der Waals surface area contributed by atoms with Crippen molar-refractivity contribution < 1.29 is 0 Å². The Balaban J connectivity index is 1.51. The summed E-state index contributed by atoms with van der Waals surface area (Å²) in [5.74, 6) is 0. The molecule has 1 N–H and O–H groups in total. The number of hydrogen-bond acceptors (Lipinski definition) is 3. The molecule has 3 rings (SSSR count). The highest BCUT2D eigenvalue weighted by molar-refractivity contribution is 5.74. The van der Waals surface area contributed by atoms with Gasteiger partial charge in [-0.05, 0) is 45.1 Å². The minimum Gasteiger partial charge on any atom is -0.331 e. The first-order valence-electron chi connectivity index (χ1n) is 7.31. The number of nitrogens with zero attached hydrogens (tertiary/aromatic N) is 4. The second-order valence-corrected chi connectivity index (χ2v) is 5.56. The summed E-state index contributed by atoms with van der Waals surface area (Å²) in [4.78, 5) is 6.72. The number of H-pyrrole nitrogens is 1. The van der Waals surface area contributed by atoms with Crippen molar-refractivity contribution in [1.29, 1.82) is 0 Å². The van der Waals surface area contributed by atoms with E-state index in [9.17, 15) is 0 Å². The Labute approximate surface area is 124 Å². The lowest BCUT2D eigenvalue weighted by Gasteiger charge is -2.15. The Kier molecular flexibility index (Phi) is 4.01. The van der Waals surface area contributed by atoms with Crippen LogP contribution in [0.25, 0.3) is 11.0 Å². The summed E-state index contributed by atoms with van der Waals surface area (Å²) in [6.07, 6.45) is 3.03. The van der Waals surface area contributed by atoms with E-state index in [1.807, 2.05) is 19.3 Å². The zero-order valence-electron chi connectivity index (χ0n) is 12.6. The molecule has 0 unspecified atom stereocenters. The zero-order chi connectivity index (χ0) is 14.7. The monoisotopic (exact) mass is 283 g/mol. The van der Waals surface area contributed by atoms with Crippen LogP contribution < -0.4 is 0 Å². The lowest BCUT2D eigenvalue weighted by Crippen LogP contribution is -2.20. The molecular formula is C16H21N5. The summed E-state index contributed by atoms with van der Waals surface area (Å²) in [5.41, 5.74) is 4.49. The number of aromatic amines is 1. The van der Waals surface area contributed by atoms with Crippen molar-refractivity contribution >= 4 is 11.0 Å². The number of rotatable bonds is 6. The van der Waals surface area contributed by atoms with Crippen LogP contribution in [-0.2, 0) is 13.1 Å². The number of benzene rings is 1. The van der Waals surface area contributed by atoms with Gasteiger partial charge in [-0.25, -0.2) is 4.98 Å². The number of aromatic nitrogens is 4. The zero-order valence-corrected chi connectivity index (χ0v) is 12.6. The van der Waals surface area contributed by atoms with E-state index in [0.717, 1.165) is 43.0 Å². The molecule has 3 aromatic rings. The SMILES string of the molecule is Cc1cc(CN(C)CCCn2cnc3ccccc32)n[nH]1. The fourth-order valence-electron chi connectivity index (χ4n) is 2.61. The van der Waals surface area contributed by atoms with Crippen LogP contribution in [0.3, 0.4) is 0 Å². The largest absolute Gasteiger partial charge is 0.331 e. The van der Waals surface area contributed by atoms with E-state index in [2.05, 4.69) is 56.0 Å². The molecule has 1 aromatic carbocycles. The highest BCUT2D eigenvalue weighted by atomic mass is 15.2. The Bertz CT molecular complexity index is 712. The molecule has 0 spiro atoms. The minimum absolute atomic E-state index is 0.884. The van der Waals surface area contributed by atoms with Crippen LogP contribution in [0, 0.1) is 6.92 Å². The Morgan fingerprint density at radius 3 is 2.95 bits per heavy atom. The molecule has 0 aliphatic heterocycles. The van der Waals surface area contributed by atoms with Crippen molar-refractivity contribution in [3.63, 3.8) is 0 Å². The van der Waals surface area contributed by atoms with Gasteiger partial charge in [0.2, 0.25) is 0 Å². The van der Waals surface area contributed by atoms with E-state index in [0.29, 0.717) is 0 Å². The number of para-hydroxylation sites is 2. The van der Waals surface area contributed by atoms with Crippen molar-refractivity contribution in [2.24, 2.45) is 0 Å². The van der Waals surface area contributed by atoms with Crippen molar-refractivity contribution in [2.45, 2.75) is 26.4 Å². The Morgan fingerprint density at radius 1 is 1.29 bits per heavy atom. The smallest absolute Gasteiger partial charge is 0.0958 e. The van der Waals surface area contributed by atoms with Gasteiger partial charge < -0.3 is 9.47 Å². The van der Waals surface area contributed by atoms with E-state index < -0.39 is 0 Å². The van der Waals surface area contributed by atoms with Gasteiger partial charge in [0.25, 0.3) is 0 Å². The number of fused-ring (bicyclic) bond motifs is 1. The molecule has 0 aliphatic rings. The molecule has 21 heavy (non-hydrogen) atoms. The average molecular weight is 283 g/mol. The third-order valence-corrected chi connectivity index (χ3v) is 3.66. The quantitative estimate of drug-likeness (QED) is 0.756. The molecule has 2 heterocycles. The fourth-order valence-corrected chi connectivity index (χ4v) is 2.61. The number of hydrogen-bond donors (Lipinski definition) is 1. The molecular weight excluding hydrogens is 262 g/mol. The van der Waals surface area contributed by atoms with E-state index in [4.69, 9.17) is 0 Å². The number of nitrogens with one attached hydrogen (secondary N) is 1. The number of aryl methyl sites for hydroxylation is 2. The van der Waals surface area contributed by atoms with Gasteiger partial charge in [0, 0.05) is 18.8 Å². The van der Waals surface area contributed by atoms with E-state index in [1.165, 1.54) is 5.52 Å². The molecule has 2 aromatic heterocycles. The molecule has 110 valence electrons. The van der Waals surface area contributed by atoms with Crippen molar-refractivity contribution in [3.05, 3.63) is 48.0 Å². The third-order valence-electron chi connectivity index (χ3n) is 3.66. The predicted octanol–water partition coefficient (Wildman–Crippen LogP) is 2.59. The summed E-state index contributed by atoms with van der Waals surface area (Å²) in [6.45, 7) is 4.94. The van der Waals surface area contributed by atoms with Gasteiger partial charge in [0.15, 0.2) is 0 Å². The van der Waals surface area contributed by atoms with Crippen LogP contribution in [-0.4, -0.2) is 38.2 Å². The van der Waals surface area contributed by atoms with Gasteiger partial charge >= 0.3 is 0 Å². The molecule has 0 amide bonds. The average Bonchev–Trinajstić information content (AvgIpc) is 3.06. The van der Waals surface area contributed by atoms with Gasteiger partial charge in [0.1, 0.15) is 0 Å². The van der Waals surface area contributed by atoms with E-state index in [1.54, 1.807) is 0 Å². The van der Waals surface area contributed by atoms with Crippen molar-refractivity contribution in [2.75, 3.05) is 13.6 Å². The minimum atomic E-state index is 0.884. The van der Waals surface area contributed by atoms with Gasteiger partial charge in [-0.1, -0.05) is 12.1 Å². The molecule has 0 fully saturated rings. The summed E-state index contributed by atoms with van der Waals surface area (Å²) in [7, 11) is 2.13. The topological polar surface area (TPSA) is 49.7 Å². The Morgan fingerprint density at radius 2 is 2.14 bits per heavy atom. The first kappa shape index (κ1) is 13.8. The lowest BCUT2D eigenvalue weighted by atomic mass is 10.3. The maximum Gasteiger partial charge on any atom is 0.0958 e. The van der Waals surface area contributed by atoms with Gasteiger partial charge in [0.05, 0.1) is 23.1 Å². The molecule has 0 bridgehead atoms.